The molecule has 2 unspecified atom stereocenters. The molecule has 2 heteroatoms. The lowest BCUT2D eigenvalue weighted by atomic mass is 9.67. The lowest BCUT2D eigenvalue weighted by Crippen LogP contribution is -2.39. The first-order chi connectivity index (χ1) is 16.6. The van der Waals surface area contributed by atoms with Crippen molar-refractivity contribution in [2.24, 2.45) is 11.3 Å². The van der Waals surface area contributed by atoms with Gasteiger partial charge in [0, 0.05) is 0 Å². The molecule has 204 valence electrons. The highest BCUT2D eigenvalue weighted by molar-refractivity contribution is 5.77. The standard InChI is InChI=1S/C32H64O2/c1-6-9-12-15-17-19-20-22-24-27-30(4)32(31(33)34-5,28-25-14-11-8-3)29-26-23-21-18-16-13-10-7-2/h30H,6-29H2,1-5H3. The number of methoxy groups -OCH3 is 1. The molecule has 0 fully saturated rings. The Bertz CT molecular complexity index is 433. The van der Waals surface area contributed by atoms with Crippen molar-refractivity contribution in [2.75, 3.05) is 7.11 Å². The summed E-state index contributed by atoms with van der Waals surface area (Å²) in [5, 5.41) is 0. The van der Waals surface area contributed by atoms with Crippen LogP contribution in [0.15, 0.2) is 0 Å². The predicted molar refractivity (Wildman–Crippen MR) is 151 cm³/mol. The maximum Gasteiger partial charge on any atom is 0.312 e. The van der Waals surface area contributed by atoms with E-state index in [-0.39, 0.29) is 11.4 Å². The molecule has 0 saturated carbocycles. The van der Waals surface area contributed by atoms with Gasteiger partial charge in [-0.3, -0.25) is 4.79 Å². The zero-order valence-corrected chi connectivity index (χ0v) is 24.4. The van der Waals surface area contributed by atoms with Crippen LogP contribution in [0.25, 0.3) is 0 Å². The molecule has 0 aromatic carbocycles. The first-order valence-electron chi connectivity index (χ1n) is 15.7. The van der Waals surface area contributed by atoms with Crippen molar-refractivity contribution in [1.29, 1.82) is 0 Å². The number of carbonyl (C=O) groups excluding carboxylic acids is 1. The Morgan fingerprint density at radius 1 is 0.559 bits per heavy atom. The Kier molecular flexibility index (Phi) is 23.8. The van der Waals surface area contributed by atoms with Gasteiger partial charge in [0.1, 0.15) is 0 Å². The zero-order valence-electron chi connectivity index (χ0n) is 24.4. The van der Waals surface area contributed by atoms with Gasteiger partial charge in [-0.25, -0.2) is 0 Å². The summed E-state index contributed by atoms with van der Waals surface area (Å²) in [6.07, 6.45) is 31.0. The van der Waals surface area contributed by atoms with E-state index in [0.717, 1.165) is 12.8 Å². The van der Waals surface area contributed by atoms with Gasteiger partial charge < -0.3 is 4.74 Å². The highest BCUT2D eigenvalue weighted by atomic mass is 16.5. The Morgan fingerprint density at radius 2 is 0.882 bits per heavy atom. The van der Waals surface area contributed by atoms with Gasteiger partial charge in [-0.15, -0.1) is 0 Å². The van der Waals surface area contributed by atoms with E-state index in [1.165, 1.54) is 141 Å². The fraction of sp³-hybridized carbons (Fsp3) is 0.969. The van der Waals surface area contributed by atoms with Gasteiger partial charge in [-0.2, -0.15) is 0 Å². The van der Waals surface area contributed by atoms with Crippen molar-refractivity contribution >= 4 is 5.97 Å². The Hall–Kier alpha value is -0.530. The third kappa shape index (κ3) is 16.2. The molecule has 34 heavy (non-hydrogen) atoms. The minimum Gasteiger partial charge on any atom is -0.469 e. The number of carbonyl (C=O) groups is 1. The molecular formula is C32H64O2. The highest BCUT2D eigenvalue weighted by Crippen LogP contribution is 2.43. The summed E-state index contributed by atoms with van der Waals surface area (Å²) < 4.78 is 5.47. The predicted octanol–water partition coefficient (Wildman–Crippen LogP) is 11.2. The smallest absolute Gasteiger partial charge is 0.312 e. The van der Waals surface area contributed by atoms with E-state index in [0.29, 0.717) is 5.92 Å². The number of ether oxygens (including phenoxy) is 1. The van der Waals surface area contributed by atoms with E-state index in [1.807, 2.05) is 0 Å². The molecule has 0 aliphatic carbocycles. The molecule has 0 N–H and O–H groups in total. The van der Waals surface area contributed by atoms with Crippen LogP contribution >= 0.6 is 0 Å². The van der Waals surface area contributed by atoms with Crippen molar-refractivity contribution in [1.82, 2.24) is 0 Å². The molecule has 0 aromatic heterocycles. The summed E-state index contributed by atoms with van der Waals surface area (Å²) in [4.78, 5) is 13.2. The number of rotatable bonds is 26. The van der Waals surface area contributed by atoms with E-state index in [4.69, 9.17) is 4.74 Å². The summed E-state index contributed by atoms with van der Waals surface area (Å²) in [6.45, 7) is 9.18. The minimum absolute atomic E-state index is 0.0790. The molecular weight excluding hydrogens is 416 g/mol. The lowest BCUT2D eigenvalue weighted by Gasteiger charge is -2.37. The molecule has 0 heterocycles. The molecule has 0 aliphatic heterocycles. The van der Waals surface area contributed by atoms with Crippen LogP contribution in [0.4, 0.5) is 0 Å². The topological polar surface area (TPSA) is 26.3 Å². The second-order valence-corrected chi connectivity index (χ2v) is 11.2. The molecule has 0 amide bonds. The van der Waals surface area contributed by atoms with Crippen molar-refractivity contribution in [3.05, 3.63) is 0 Å². The SMILES string of the molecule is CCCCCCCCCCCC(C)C(CCCCCC)(CCCCCCCCCC)C(=O)OC. The first-order valence-corrected chi connectivity index (χ1v) is 15.7. The van der Waals surface area contributed by atoms with Crippen molar-refractivity contribution in [2.45, 2.75) is 182 Å². The molecule has 0 aliphatic rings. The highest BCUT2D eigenvalue weighted by Gasteiger charge is 2.43. The summed E-state index contributed by atoms with van der Waals surface area (Å²) in [5.41, 5.74) is -0.259. The average Bonchev–Trinajstić information content (AvgIpc) is 2.85. The summed E-state index contributed by atoms with van der Waals surface area (Å²) in [5.74, 6) is 0.506. The van der Waals surface area contributed by atoms with Gasteiger partial charge in [-0.1, -0.05) is 163 Å². The maximum absolute atomic E-state index is 13.2. The molecule has 0 spiro atoms. The largest absolute Gasteiger partial charge is 0.469 e. The van der Waals surface area contributed by atoms with Crippen molar-refractivity contribution in [3.63, 3.8) is 0 Å². The van der Waals surface area contributed by atoms with Crippen LogP contribution in [0.5, 0.6) is 0 Å². The molecule has 0 bridgehead atoms. The monoisotopic (exact) mass is 480 g/mol. The third-order valence-electron chi connectivity index (χ3n) is 8.23. The molecule has 2 nitrogen and oxygen atoms in total. The lowest BCUT2D eigenvalue weighted by molar-refractivity contribution is -0.158. The molecule has 2 atom stereocenters. The Labute approximate surface area is 215 Å². The second-order valence-electron chi connectivity index (χ2n) is 11.2. The zero-order chi connectivity index (χ0) is 25.3. The quantitative estimate of drug-likeness (QED) is 0.0908. The summed E-state index contributed by atoms with van der Waals surface area (Å²) in [7, 11) is 1.61. The summed E-state index contributed by atoms with van der Waals surface area (Å²) >= 11 is 0. The normalized spacial score (nSPS) is 14.1. The molecule has 0 saturated heterocycles. The van der Waals surface area contributed by atoms with Gasteiger partial charge in [0.25, 0.3) is 0 Å². The van der Waals surface area contributed by atoms with Crippen LogP contribution in [0, 0.1) is 11.3 Å². The van der Waals surface area contributed by atoms with Gasteiger partial charge in [0.15, 0.2) is 0 Å². The fourth-order valence-electron chi connectivity index (χ4n) is 5.71. The van der Waals surface area contributed by atoms with E-state index >= 15 is 0 Å². The first kappa shape index (κ1) is 33.5. The third-order valence-corrected chi connectivity index (χ3v) is 8.23. The number of esters is 1. The molecule has 0 aromatic rings. The van der Waals surface area contributed by atoms with Gasteiger partial charge in [0.2, 0.25) is 0 Å². The van der Waals surface area contributed by atoms with Crippen LogP contribution in [-0.2, 0) is 9.53 Å². The van der Waals surface area contributed by atoms with Crippen LogP contribution in [-0.4, -0.2) is 13.1 Å². The molecule has 0 rings (SSSR count). The van der Waals surface area contributed by atoms with Crippen LogP contribution in [0.2, 0.25) is 0 Å². The second kappa shape index (κ2) is 24.2. The minimum atomic E-state index is -0.259. The van der Waals surface area contributed by atoms with Crippen LogP contribution in [0.3, 0.4) is 0 Å². The van der Waals surface area contributed by atoms with Gasteiger partial charge >= 0.3 is 5.97 Å². The summed E-state index contributed by atoms with van der Waals surface area (Å²) in [6, 6.07) is 0. The maximum atomic E-state index is 13.2. The Morgan fingerprint density at radius 3 is 1.26 bits per heavy atom. The van der Waals surface area contributed by atoms with E-state index < -0.39 is 0 Å². The number of unbranched alkanes of at least 4 members (excludes halogenated alkanes) is 18. The number of hydrogen-bond acceptors (Lipinski definition) is 2. The number of hydrogen-bond donors (Lipinski definition) is 0. The van der Waals surface area contributed by atoms with Crippen molar-refractivity contribution in [3.8, 4) is 0 Å². The van der Waals surface area contributed by atoms with Crippen LogP contribution in [0.1, 0.15) is 182 Å². The van der Waals surface area contributed by atoms with E-state index in [1.54, 1.807) is 7.11 Å². The Balaban J connectivity index is 4.66. The van der Waals surface area contributed by atoms with E-state index in [9.17, 15) is 4.79 Å². The van der Waals surface area contributed by atoms with E-state index in [2.05, 4.69) is 27.7 Å². The average molecular weight is 481 g/mol. The van der Waals surface area contributed by atoms with Gasteiger partial charge in [-0.05, 0) is 25.2 Å². The van der Waals surface area contributed by atoms with Crippen molar-refractivity contribution < 1.29 is 9.53 Å². The molecule has 0 radical (unpaired) electrons. The fourth-order valence-corrected chi connectivity index (χ4v) is 5.71. The van der Waals surface area contributed by atoms with Gasteiger partial charge in [0.05, 0.1) is 12.5 Å². The van der Waals surface area contributed by atoms with Crippen LogP contribution < -0.4 is 0 Å².